The summed E-state index contributed by atoms with van der Waals surface area (Å²) in [7, 11) is -3.12. The van der Waals surface area contributed by atoms with E-state index >= 15 is 0 Å². The van der Waals surface area contributed by atoms with E-state index in [0.29, 0.717) is 5.75 Å². The molecular weight excluding hydrogens is 289 g/mol. The van der Waals surface area contributed by atoms with Crippen LogP contribution < -0.4 is 9.61 Å². The van der Waals surface area contributed by atoms with Gasteiger partial charge in [-0.15, -0.1) is 0 Å². The van der Waals surface area contributed by atoms with Gasteiger partial charge in [0, 0.05) is 6.66 Å². The van der Waals surface area contributed by atoms with Crippen molar-refractivity contribution in [3.8, 4) is 5.75 Å². The molecule has 0 radical (unpaired) electrons. The van der Waals surface area contributed by atoms with E-state index in [0.717, 1.165) is 0 Å². The number of carbonyl (C=O) groups excluding carboxylic acids is 1. The summed E-state index contributed by atoms with van der Waals surface area (Å²) in [5, 5.41) is 2.67. The van der Waals surface area contributed by atoms with E-state index in [1.807, 2.05) is 6.07 Å². The summed E-state index contributed by atoms with van der Waals surface area (Å²) in [5.74, 6) is 0.0407. The Morgan fingerprint density at radius 2 is 1.67 bits per heavy atom. The number of carbonyl (C=O) groups is 1. The van der Waals surface area contributed by atoms with Gasteiger partial charge in [-0.1, -0.05) is 33.1 Å². The molecule has 0 saturated heterocycles. The fourth-order valence-electron chi connectivity index (χ4n) is 1.45. The fourth-order valence-corrected chi connectivity index (χ4v) is 2.83. The first kappa shape index (κ1) is 22.0. The van der Waals surface area contributed by atoms with Crippen LogP contribution in [-0.4, -0.2) is 24.8 Å². The molecule has 5 nitrogen and oxygen atoms in total. The minimum atomic E-state index is -3.12. The molecule has 0 aliphatic heterocycles. The Bertz CT molecular complexity index is 462. The van der Waals surface area contributed by atoms with Gasteiger partial charge in [0.05, 0.1) is 6.10 Å². The number of benzene rings is 1. The maximum Gasteiger partial charge on any atom is 0.323 e. The van der Waals surface area contributed by atoms with Gasteiger partial charge in [0.2, 0.25) is 0 Å². The average molecular weight is 317 g/mol. The Morgan fingerprint density at radius 3 is 2.14 bits per heavy atom. The highest BCUT2D eigenvalue weighted by atomic mass is 31.2. The minimum absolute atomic E-state index is 0. The molecule has 0 bridgehead atoms. The number of ether oxygens (including phenoxy) is 1. The van der Waals surface area contributed by atoms with Crippen molar-refractivity contribution in [2.45, 2.75) is 47.8 Å². The molecule has 0 spiro atoms. The van der Waals surface area contributed by atoms with Crippen molar-refractivity contribution in [2.75, 3.05) is 6.66 Å². The van der Waals surface area contributed by atoms with Crippen molar-refractivity contribution in [3.05, 3.63) is 30.3 Å². The highest BCUT2D eigenvalue weighted by molar-refractivity contribution is 7.56. The Kier molecular flexibility index (Phi) is 10.0. The molecule has 1 aromatic carbocycles. The van der Waals surface area contributed by atoms with E-state index in [-0.39, 0.29) is 21.0 Å². The van der Waals surface area contributed by atoms with Gasteiger partial charge in [0.15, 0.2) is 0 Å². The standard InChI is InChI=1S/C13H20NO4P.2CH4/c1-10(2)17-13(15)11(3)14-19(4,16)18-12-8-6-5-7-9-12;;/h5-11H,1-4H3,(H,14,16);2*1H4/t11-,19?;;/m0../s1. The smallest absolute Gasteiger partial charge is 0.323 e. The number of hydrogen-bond acceptors (Lipinski definition) is 4. The van der Waals surface area contributed by atoms with E-state index in [2.05, 4.69) is 5.09 Å². The van der Waals surface area contributed by atoms with Crippen molar-refractivity contribution in [2.24, 2.45) is 0 Å². The molecule has 0 aliphatic rings. The van der Waals surface area contributed by atoms with Crippen LogP contribution in [0.25, 0.3) is 0 Å². The molecule has 1 rings (SSSR count). The van der Waals surface area contributed by atoms with E-state index in [4.69, 9.17) is 9.26 Å². The molecule has 0 aliphatic carbocycles. The number of rotatable bonds is 6. The van der Waals surface area contributed by atoms with Crippen LogP contribution in [-0.2, 0) is 14.1 Å². The van der Waals surface area contributed by atoms with Crippen LogP contribution in [0.2, 0.25) is 0 Å². The molecular formula is C15H28NO4P. The molecule has 0 saturated carbocycles. The van der Waals surface area contributed by atoms with E-state index in [1.54, 1.807) is 45.0 Å². The van der Waals surface area contributed by atoms with Crippen LogP contribution in [0.4, 0.5) is 0 Å². The normalized spacial score (nSPS) is 14.1. The first-order valence-electron chi connectivity index (χ1n) is 6.10. The highest BCUT2D eigenvalue weighted by Crippen LogP contribution is 2.39. The second kappa shape index (κ2) is 9.59. The largest absolute Gasteiger partial charge is 0.462 e. The number of para-hydroxylation sites is 1. The van der Waals surface area contributed by atoms with Crippen molar-refractivity contribution in [3.63, 3.8) is 0 Å². The zero-order valence-electron chi connectivity index (χ0n) is 11.6. The quantitative estimate of drug-likeness (QED) is 0.632. The lowest BCUT2D eigenvalue weighted by atomic mass is 10.3. The van der Waals surface area contributed by atoms with Crippen LogP contribution in [0.1, 0.15) is 35.6 Å². The predicted octanol–water partition coefficient (Wildman–Crippen LogP) is 4.09. The summed E-state index contributed by atoms with van der Waals surface area (Å²) in [6, 6.07) is 8.12. The third-order valence-electron chi connectivity index (χ3n) is 2.16. The van der Waals surface area contributed by atoms with E-state index in [1.165, 1.54) is 6.66 Å². The van der Waals surface area contributed by atoms with E-state index < -0.39 is 19.5 Å². The number of nitrogens with one attached hydrogen (secondary N) is 1. The number of esters is 1. The highest BCUT2D eigenvalue weighted by Gasteiger charge is 2.25. The molecule has 1 N–H and O–H groups in total. The first-order valence-corrected chi connectivity index (χ1v) is 8.18. The third kappa shape index (κ3) is 8.53. The SMILES string of the molecule is C.C.CC(C)OC(=O)[C@H](C)NP(C)(=O)Oc1ccccc1. The van der Waals surface area contributed by atoms with Crippen molar-refractivity contribution in [1.29, 1.82) is 0 Å². The van der Waals surface area contributed by atoms with Gasteiger partial charge in [-0.25, -0.2) is 5.09 Å². The summed E-state index contributed by atoms with van der Waals surface area (Å²) in [5.41, 5.74) is 0. The minimum Gasteiger partial charge on any atom is -0.462 e. The van der Waals surface area contributed by atoms with Gasteiger partial charge in [-0.05, 0) is 32.9 Å². The summed E-state index contributed by atoms with van der Waals surface area (Å²) in [6.07, 6.45) is -0.206. The average Bonchev–Trinajstić information content (AvgIpc) is 2.27. The molecule has 1 unspecified atom stereocenters. The maximum absolute atomic E-state index is 12.2. The maximum atomic E-state index is 12.2. The van der Waals surface area contributed by atoms with Gasteiger partial charge in [-0.2, -0.15) is 0 Å². The zero-order valence-corrected chi connectivity index (χ0v) is 12.5. The lowest BCUT2D eigenvalue weighted by molar-refractivity contribution is -0.149. The summed E-state index contributed by atoms with van der Waals surface area (Å²) < 4.78 is 22.6. The zero-order chi connectivity index (χ0) is 14.5. The molecule has 0 fully saturated rings. The third-order valence-corrected chi connectivity index (χ3v) is 3.57. The molecule has 6 heteroatoms. The van der Waals surface area contributed by atoms with Crippen LogP contribution >= 0.6 is 7.52 Å². The van der Waals surface area contributed by atoms with Gasteiger partial charge >= 0.3 is 13.5 Å². The second-order valence-corrected chi connectivity index (χ2v) is 6.72. The van der Waals surface area contributed by atoms with Crippen LogP contribution in [0.15, 0.2) is 30.3 Å². The Labute approximate surface area is 128 Å². The van der Waals surface area contributed by atoms with Crippen molar-refractivity contribution in [1.82, 2.24) is 5.09 Å². The van der Waals surface area contributed by atoms with Crippen LogP contribution in [0.3, 0.4) is 0 Å². The number of hydrogen-bond donors (Lipinski definition) is 1. The molecule has 21 heavy (non-hydrogen) atoms. The summed E-state index contributed by atoms with van der Waals surface area (Å²) >= 11 is 0. The van der Waals surface area contributed by atoms with Gasteiger partial charge < -0.3 is 9.26 Å². The lowest BCUT2D eigenvalue weighted by Crippen LogP contribution is -2.35. The molecule has 0 heterocycles. The monoisotopic (exact) mass is 317 g/mol. The van der Waals surface area contributed by atoms with Gasteiger partial charge in [-0.3, -0.25) is 9.36 Å². The molecule has 2 atom stereocenters. The first-order chi connectivity index (χ1) is 8.80. The van der Waals surface area contributed by atoms with Gasteiger partial charge in [0.1, 0.15) is 11.8 Å². The Hall–Kier alpha value is -1.32. The topological polar surface area (TPSA) is 64.6 Å². The Morgan fingerprint density at radius 1 is 1.14 bits per heavy atom. The van der Waals surface area contributed by atoms with Crippen molar-refractivity contribution >= 4 is 13.5 Å². The van der Waals surface area contributed by atoms with Crippen LogP contribution in [0, 0.1) is 0 Å². The van der Waals surface area contributed by atoms with Gasteiger partial charge in [0.25, 0.3) is 0 Å². The molecule has 0 amide bonds. The van der Waals surface area contributed by atoms with Crippen molar-refractivity contribution < 1.29 is 18.6 Å². The molecule has 0 aromatic heterocycles. The van der Waals surface area contributed by atoms with Crippen LogP contribution in [0.5, 0.6) is 5.75 Å². The fraction of sp³-hybridized carbons (Fsp3) is 0.533. The van der Waals surface area contributed by atoms with E-state index in [9.17, 15) is 9.36 Å². The molecule has 122 valence electrons. The predicted molar refractivity (Wildman–Crippen MR) is 87.9 cm³/mol. The lowest BCUT2D eigenvalue weighted by Gasteiger charge is -2.21. The Balaban J connectivity index is 0. The summed E-state index contributed by atoms with van der Waals surface area (Å²) in [4.78, 5) is 11.6. The second-order valence-electron chi connectivity index (χ2n) is 4.59. The summed E-state index contributed by atoms with van der Waals surface area (Å²) in [6.45, 7) is 6.54. The molecule has 1 aromatic rings.